The molecule has 0 aliphatic carbocycles. The number of ether oxygens (including phenoxy) is 1. The fraction of sp³-hybridized carbons (Fsp3) is 0.533. The van der Waals surface area contributed by atoms with Gasteiger partial charge in [0.2, 0.25) is 0 Å². The predicted octanol–water partition coefficient (Wildman–Crippen LogP) is -0.869. The van der Waals surface area contributed by atoms with Crippen LogP contribution in [0.5, 0.6) is 0 Å². The molecule has 0 spiro atoms. The van der Waals surface area contributed by atoms with E-state index in [-0.39, 0.29) is 18.2 Å². The second kappa shape index (κ2) is 7.04. The van der Waals surface area contributed by atoms with Crippen LogP contribution in [0.25, 0.3) is 0 Å². The van der Waals surface area contributed by atoms with Crippen molar-refractivity contribution in [2.24, 2.45) is 0 Å². The molecule has 1 aromatic carbocycles. The van der Waals surface area contributed by atoms with E-state index in [2.05, 4.69) is 24.0 Å². The van der Waals surface area contributed by atoms with Gasteiger partial charge in [-0.2, -0.15) is 0 Å². The number of carbonyl (C=O) groups is 1. The Labute approximate surface area is 121 Å². The Morgan fingerprint density at radius 2 is 1.68 bits per heavy atom. The SMILES string of the molecule is Cc1cc(C)c(C(=O)CN2CCOCC2)c(C)c1.[Cl-]. The van der Waals surface area contributed by atoms with Gasteiger partial charge in [-0.1, -0.05) is 17.7 Å². The molecule has 1 aromatic rings. The van der Waals surface area contributed by atoms with Gasteiger partial charge in [0.15, 0.2) is 5.78 Å². The summed E-state index contributed by atoms with van der Waals surface area (Å²) in [5.41, 5.74) is 4.29. The van der Waals surface area contributed by atoms with Gasteiger partial charge in [0.1, 0.15) is 0 Å². The quantitative estimate of drug-likeness (QED) is 0.675. The van der Waals surface area contributed by atoms with Crippen molar-refractivity contribution in [3.63, 3.8) is 0 Å². The van der Waals surface area contributed by atoms with Crippen LogP contribution < -0.4 is 12.4 Å². The topological polar surface area (TPSA) is 29.5 Å². The monoisotopic (exact) mass is 282 g/mol. The summed E-state index contributed by atoms with van der Waals surface area (Å²) < 4.78 is 5.30. The smallest absolute Gasteiger partial charge is 0.177 e. The minimum Gasteiger partial charge on any atom is -1.00 e. The average molecular weight is 283 g/mol. The van der Waals surface area contributed by atoms with Crippen LogP contribution in [-0.2, 0) is 4.74 Å². The molecule has 1 fully saturated rings. The van der Waals surface area contributed by atoms with Crippen molar-refractivity contribution < 1.29 is 21.9 Å². The Bertz CT molecular complexity index is 430. The highest BCUT2D eigenvalue weighted by molar-refractivity contribution is 6.00. The highest BCUT2D eigenvalue weighted by Gasteiger charge is 2.18. The standard InChI is InChI=1S/C15H21NO2.ClH/c1-11-8-12(2)15(13(3)9-11)14(17)10-16-4-6-18-7-5-16;/h8-9H,4-7,10H2,1-3H3;1H/p-1. The van der Waals surface area contributed by atoms with Gasteiger partial charge in [-0.15, -0.1) is 0 Å². The van der Waals surface area contributed by atoms with Crippen LogP contribution in [0, 0.1) is 20.8 Å². The number of ketones is 1. The van der Waals surface area contributed by atoms with Crippen molar-refractivity contribution in [2.75, 3.05) is 32.8 Å². The third-order valence-corrected chi connectivity index (χ3v) is 3.43. The normalized spacial score (nSPS) is 15.9. The molecule has 0 unspecified atom stereocenters. The molecule has 0 aromatic heterocycles. The van der Waals surface area contributed by atoms with Gasteiger partial charge in [0, 0.05) is 18.7 Å². The van der Waals surface area contributed by atoms with Crippen molar-refractivity contribution in [2.45, 2.75) is 20.8 Å². The fourth-order valence-electron chi connectivity index (χ4n) is 2.66. The van der Waals surface area contributed by atoms with Crippen molar-refractivity contribution in [1.82, 2.24) is 4.90 Å². The Hall–Kier alpha value is -0.900. The van der Waals surface area contributed by atoms with E-state index in [1.54, 1.807) is 0 Å². The van der Waals surface area contributed by atoms with E-state index in [4.69, 9.17) is 4.74 Å². The highest BCUT2D eigenvalue weighted by Crippen LogP contribution is 2.17. The average Bonchev–Trinajstić information content (AvgIpc) is 2.28. The Morgan fingerprint density at radius 3 is 2.21 bits per heavy atom. The molecule has 0 amide bonds. The molecule has 1 aliphatic heterocycles. The summed E-state index contributed by atoms with van der Waals surface area (Å²) >= 11 is 0. The van der Waals surface area contributed by atoms with Crippen LogP contribution in [0.3, 0.4) is 0 Å². The maximum Gasteiger partial charge on any atom is 0.177 e. The number of aryl methyl sites for hydroxylation is 3. The fourth-order valence-corrected chi connectivity index (χ4v) is 2.66. The van der Waals surface area contributed by atoms with Crippen LogP contribution in [0.15, 0.2) is 12.1 Å². The van der Waals surface area contributed by atoms with Crippen molar-refractivity contribution in [3.8, 4) is 0 Å². The van der Waals surface area contributed by atoms with Crippen LogP contribution >= 0.6 is 0 Å². The lowest BCUT2D eigenvalue weighted by molar-refractivity contribution is -0.0000171. The van der Waals surface area contributed by atoms with E-state index in [1.807, 2.05) is 13.8 Å². The molecule has 1 saturated heterocycles. The number of benzene rings is 1. The Balaban J connectivity index is 0.00000180. The summed E-state index contributed by atoms with van der Waals surface area (Å²) in [5.74, 6) is 0.229. The zero-order valence-electron chi connectivity index (χ0n) is 11.8. The van der Waals surface area contributed by atoms with E-state index in [0.717, 1.165) is 43.0 Å². The lowest BCUT2D eigenvalue weighted by Gasteiger charge is -2.26. The van der Waals surface area contributed by atoms with Gasteiger partial charge >= 0.3 is 0 Å². The second-order valence-corrected chi connectivity index (χ2v) is 5.09. The number of nitrogens with zero attached hydrogens (tertiary/aromatic N) is 1. The number of Topliss-reactive ketones (excluding diaryl/α,β-unsaturated/α-hetero) is 1. The summed E-state index contributed by atoms with van der Waals surface area (Å²) in [6, 6.07) is 4.17. The Kier molecular flexibility index (Phi) is 5.98. The maximum absolute atomic E-state index is 12.4. The van der Waals surface area contributed by atoms with Crippen molar-refractivity contribution >= 4 is 5.78 Å². The minimum absolute atomic E-state index is 0. The van der Waals surface area contributed by atoms with Gasteiger partial charge in [0.05, 0.1) is 19.8 Å². The van der Waals surface area contributed by atoms with Gasteiger partial charge in [-0.05, 0) is 31.9 Å². The molecule has 0 radical (unpaired) electrons. The first kappa shape index (κ1) is 16.2. The molecule has 106 valence electrons. The predicted molar refractivity (Wildman–Crippen MR) is 72.2 cm³/mol. The van der Waals surface area contributed by atoms with E-state index >= 15 is 0 Å². The third kappa shape index (κ3) is 4.03. The summed E-state index contributed by atoms with van der Waals surface area (Å²) in [5, 5.41) is 0. The first-order valence-electron chi connectivity index (χ1n) is 6.49. The molecule has 0 saturated carbocycles. The molecule has 19 heavy (non-hydrogen) atoms. The van der Waals surface area contributed by atoms with Gasteiger partial charge in [-0.3, -0.25) is 9.69 Å². The molecular formula is C15H21ClNO2-. The number of hydrogen-bond acceptors (Lipinski definition) is 3. The zero-order chi connectivity index (χ0) is 13.1. The second-order valence-electron chi connectivity index (χ2n) is 5.09. The molecule has 1 heterocycles. The molecular weight excluding hydrogens is 262 g/mol. The van der Waals surface area contributed by atoms with E-state index in [9.17, 15) is 4.79 Å². The van der Waals surface area contributed by atoms with Crippen molar-refractivity contribution in [3.05, 3.63) is 34.4 Å². The van der Waals surface area contributed by atoms with Crippen molar-refractivity contribution in [1.29, 1.82) is 0 Å². The largest absolute Gasteiger partial charge is 1.00 e. The number of carbonyl (C=O) groups excluding carboxylic acids is 1. The lowest BCUT2D eigenvalue weighted by Crippen LogP contribution is -3.00. The Morgan fingerprint density at radius 1 is 1.16 bits per heavy atom. The number of morpholine rings is 1. The van der Waals surface area contributed by atoms with Gasteiger partial charge in [0.25, 0.3) is 0 Å². The molecule has 1 aliphatic rings. The third-order valence-electron chi connectivity index (χ3n) is 3.43. The molecule has 3 nitrogen and oxygen atoms in total. The van der Waals surface area contributed by atoms with E-state index in [0.29, 0.717) is 6.54 Å². The van der Waals surface area contributed by atoms with Crippen LogP contribution in [0.2, 0.25) is 0 Å². The highest BCUT2D eigenvalue weighted by atomic mass is 35.5. The zero-order valence-corrected chi connectivity index (χ0v) is 12.6. The number of halogens is 1. The molecule has 2 rings (SSSR count). The minimum atomic E-state index is 0. The number of rotatable bonds is 3. The first-order chi connectivity index (χ1) is 8.58. The van der Waals surface area contributed by atoms with E-state index in [1.165, 1.54) is 5.56 Å². The van der Waals surface area contributed by atoms with E-state index < -0.39 is 0 Å². The summed E-state index contributed by atoms with van der Waals surface area (Å²) in [4.78, 5) is 14.6. The lowest BCUT2D eigenvalue weighted by atomic mass is 9.96. The van der Waals surface area contributed by atoms with Gasteiger partial charge < -0.3 is 17.1 Å². The summed E-state index contributed by atoms with van der Waals surface area (Å²) in [7, 11) is 0. The summed E-state index contributed by atoms with van der Waals surface area (Å²) in [6.45, 7) is 9.80. The maximum atomic E-state index is 12.4. The molecule has 0 bridgehead atoms. The van der Waals surface area contributed by atoms with Crippen LogP contribution in [-0.4, -0.2) is 43.5 Å². The first-order valence-corrected chi connectivity index (χ1v) is 6.49. The molecule has 0 N–H and O–H groups in total. The van der Waals surface area contributed by atoms with Gasteiger partial charge in [-0.25, -0.2) is 0 Å². The van der Waals surface area contributed by atoms with Crippen LogP contribution in [0.4, 0.5) is 0 Å². The number of hydrogen-bond donors (Lipinski definition) is 0. The molecule has 4 heteroatoms. The molecule has 0 atom stereocenters. The van der Waals surface area contributed by atoms with Crippen LogP contribution in [0.1, 0.15) is 27.0 Å². The summed E-state index contributed by atoms with van der Waals surface area (Å²) in [6.07, 6.45) is 0.